The molecular formula is C16H16F3N3OS. The molecule has 1 saturated heterocycles. The minimum atomic E-state index is -4.40. The number of hydrogen-bond donors (Lipinski definition) is 1. The lowest BCUT2D eigenvalue weighted by molar-refractivity contribution is -0.137. The van der Waals surface area contributed by atoms with Crippen molar-refractivity contribution in [2.45, 2.75) is 19.1 Å². The second-order valence-corrected chi connectivity index (χ2v) is 6.53. The number of rotatable bonds is 2. The Morgan fingerprint density at radius 1 is 1.42 bits per heavy atom. The highest BCUT2D eigenvalue weighted by Crippen LogP contribution is 2.33. The van der Waals surface area contributed by atoms with Crippen LogP contribution in [0.1, 0.15) is 23.0 Å². The number of hydrogen-bond acceptors (Lipinski definition) is 4. The summed E-state index contributed by atoms with van der Waals surface area (Å²) in [5.41, 5.74) is -0.0813. The smallest absolute Gasteiger partial charge is 0.332 e. The van der Waals surface area contributed by atoms with E-state index in [1.54, 1.807) is 16.3 Å². The fourth-order valence-corrected chi connectivity index (χ4v) is 3.41. The van der Waals surface area contributed by atoms with Gasteiger partial charge in [-0.05, 0) is 19.1 Å². The molecule has 24 heavy (non-hydrogen) atoms. The number of nitrogens with one attached hydrogen (secondary N) is 1. The summed E-state index contributed by atoms with van der Waals surface area (Å²) >= 11 is 1.17. The number of nitrogens with zero attached hydrogens (tertiary/aromatic N) is 2. The van der Waals surface area contributed by atoms with Crippen LogP contribution in [-0.4, -0.2) is 41.5 Å². The Bertz CT molecular complexity index is 744. The molecule has 1 aromatic carbocycles. The van der Waals surface area contributed by atoms with Crippen molar-refractivity contribution >= 4 is 17.2 Å². The lowest BCUT2D eigenvalue weighted by Gasteiger charge is -2.33. The first-order chi connectivity index (χ1) is 11.4. The molecule has 1 fully saturated rings. The number of amides is 1. The molecule has 0 bridgehead atoms. The summed E-state index contributed by atoms with van der Waals surface area (Å²) in [7, 11) is 0. The molecule has 1 aliphatic rings. The molecule has 2 heterocycles. The normalized spacial score (nSPS) is 18.7. The van der Waals surface area contributed by atoms with Gasteiger partial charge in [0.25, 0.3) is 5.91 Å². The number of alkyl halides is 3. The minimum Gasteiger partial charge on any atom is -0.332 e. The molecule has 0 unspecified atom stereocenters. The maximum absolute atomic E-state index is 12.8. The van der Waals surface area contributed by atoms with Gasteiger partial charge in [0, 0.05) is 36.6 Å². The van der Waals surface area contributed by atoms with Gasteiger partial charge in [0.1, 0.15) is 10.7 Å². The first-order valence-corrected chi connectivity index (χ1v) is 8.39. The Balaban J connectivity index is 1.84. The molecule has 1 amide bonds. The molecule has 1 atom stereocenters. The quantitative estimate of drug-likeness (QED) is 0.899. The molecule has 4 nitrogen and oxygen atoms in total. The van der Waals surface area contributed by atoms with Crippen molar-refractivity contribution in [1.82, 2.24) is 15.2 Å². The summed E-state index contributed by atoms with van der Waals surface area (Å²) in [6, 6.07) is 5.05. The molecule has 0 spiro atoms. The highest BCUT2D eigenvalue weighted by Gasteiger charge is 2.31. The maximum Gasteiger partial charge on any atom is 0.416 e. The van der Waals surface area contributed by atoms with Crippen LogP contribution in [0.25, 0.3) is 10.6 Å². The molecule has 1 aliphatic heterocycles. The number of benzene rings is 1. The molecule has 2 aromatic rings. The van der Waals surface area contributed by atoms with Gasteiger partial charge in [-0.25, -0.2) is 4.98 Å². The molecular weight excluding hydrogens is 339 g/mol. The second-order valence-electron chi connectivity index (χ2n) is 5.67. The van der Waals surface area contributed by atoms with E-state index in [1.807, 2.05) is 6.92 Å². The molecule has 0 saturated carbocycles. The number of aromatic nitrogens is 1. The molecule has 3 rings (SSSR count). The Morgan fingerprint density at radius 2 is 2.21 bits per heavy atom. The van der Waals surface area contributed by atoms with Gasteiger partial charge in [0.15, 0.2) is 0 Å². The number of piperazine rings is 1. The Kier molecular flexibility index (Phi) is 4.60. The third-order valence-corrected chi connectivity index (χ3v) is 4.81. The summed E-state index contributed by atoms with van der Waals surface area (Å²) in [6.07, 6.45) is -4.40. The van der Waals surface area contributed by atoms with Gasteiger partial charge in [-0.3, -0.25) is 4.79 Å². The van der Waals surface area contributed by atoms with Crippen molar-refractivity contribution in [2.75, 3.05) is 19.6 Å². The highest BCUT2D eigenvalue weighted by atomic mass is 32.1. The molecule has 0 radical (unpaired) electrons. The largest absolute Gasteiger partial charge is 0.416 e. The van der Waals surface area contributed by atoms with Gasteiger partial charge in [-0.1, -0.05) is 12.1 Å². The number of thiazole rings is 1. The summed E-state index contributed by atoms with van der Waals surface area (Å²) in [4.78, 5) is 18.5. The van der Waals surface area contributed by atoms with Gasteiger partial charge in [-0.15, -0.1) is 11.3 Å². The zero-order chi connectivity index (χ0) is 17.3. The average Bonchev–Trinajstić information content (AvgIpc) is 3.04. The zero-order valence-corrected chi connectivity index (χ0v) is 13.7. The topological polar surface area (TPSA) is 45.2 Å². The van der Waals surface area contributed by atoms with Crippen molar-refractivity contribution in [3.05, 3.63) is 40.9 Å². The predicted molar refractivity (Wildman–Crippen MR) is 85.9 cm³/mol. The minimum absolute atomic E-state index is 0.0601. The summed E-state index contributed by atoms with van der Waals surface area (Å²) in [5.74, 6) is -0.182. The third-order valence-electron chi connectivity index (χ3n) is 3.92. The monoisotopic (exact) mass is 355 g/mol. The molecule has 128 valence electrons. The van der Waals surface area contributed by atoms with E-state index in [2.05, 4.69) is 10.3 Å². The van der Waals surface area contributed by atoms with E-state index >= 15 is 0 Å². The van der Waals surface area contributed by atoms with Gasteiger partial charge in [0.05, 0.1) is 5.56 Å². The lowest BCUT2D eigenvalue weighted by Crippen LogP contribution is -2.52. The van der Waals surface area contributed by atoms with Crippen molar-refractivity contribution in [1.29, 1.82) is 0 Å². The zero-order valence-electron chi connectivity index (χ0n) is 12.9. The third kappa shape index (κ3) is 3.44. The SMILES string of the molecule is C[C@@H]1CNCCN1C(=O)c1csc(-c2cccc(C(F)(F)F)c2)n1. The Morgan fingerprint density at radius 3 is 2.92 bits per heavy atom. The molecule has 8 heteroatoms. The van der Waals surface area contributed by atoms with Crippen LogP contribution in [0.15, 0.2) is 29.6 Å². The molecule has 0 aliphatic carbocycles. The first-order valence-electron chi connectivity index (χ1n) is 7.51. The lowest BCUT2D eigenvalue weighted by atomic mass is 10.1. The number of carbonyl (C=O) groups is 1. The second kappa shape index (κ2) is 6.52. The summed E-state index contributed by atoms with van der Waals surface area (Å²) < 4.78 is 38.5. The van der Waals surface area contributed by atoms with E-state index in [1.165, 1.54) is 17.4 Å². The van der Waals surface area contributed by atoms with Crippen LogP contribution in [0.5, 0.6) is 0 Å². The highest BCUT2D eigenvalue weighted by molar-refractivity contribution is 7.13. The Hall–Kier alpha value is -1.93. The number of halogens is 3. The van der Waals surface area contributed by atoms with Crippen LogP contribution < -0.4 is 5.32 Å². The van der Waals surface area contributed by atoms with Crippen LogP contribution in [0.4, 0.5) is 13.2 Å². The standard InChI is InChI=1S/C16H16F3N3OS/c1-10-8-20-5-6-22(10)15(23)13-9-24-14(21-13)11-3-2-4-12(7-11)16(17,18)19/h2-4,7,9-10,20H,5-6,8H2,1H3/t10-/m1/s1. The van der Waals surface area contributed by atoms with Crippen LogP contribution >= 0.6 is 11.3 Å². The summed E-state index contributed by atoms with van der Waals surface area (Å²) in [5, 5.41) is 5.22. The van der Waals surface area contributed by atoms with Crippen LogP contribution in [0, 0.1) is 0 Å². The van der Waals surface area contributed by atoms with Crippen LogP contribution in [0.2, 0.25) is 0 Å². The van der Waals surface area contributed by atoms with E-state index in [-0.39, 0.29) is 17.6 Å². The maximum atomic E-state index is 12.8. The van der Waals surface area contributed by atoms with Gasteiger partial charge in [-0.2, -0.15) is 13.2 Å². The van der Waals surface area contributed by atoms with Crippen molar-refractivity contribution < 1.29 is 18.0 Å². The Labute approximate surface area is 141 Å². The van der Waals surface area contributed by atoms with E-state index in [0.29, 0.717) is 17.1 Å². The predicted octanol–water partition coefficient (Wildman–Crippen LogP) is 3.26. The van der Waals surface area contributed by atoms with Crippen molar-refractivity contribution in [3.8, 4) is 10.6 Å². The fraction of sp³-hybridized carbons (Fsp3) is 0.375. The van der Waals surface area contributed by atoms with Crippen LogP contribution in [-0.2, 0) is 6.18 Å². The van der Waals surface area contributed by atoms with E-state index in [4.69, 9.17) is 0 Å². The summed E-state index contributed by atoms with van der Waals surface area (Å²) in [6.45, 7) is 3.98. The van der Waals surface area contributed by atoms with E-state index < -0.39 is 11.7 Å². The van der Waals surface area contributed by atoms with Crippen molar-refractivity contribution in [2.24, 2.45) is 0 Å². The molecule has 1 N–H and O–H groups in total. The van der Waals surface area contributed by atoms with Gasteiger partial charge in [0.2, 0.25) is 0 Å². The fourth-order valence-electron chi connectivity index (χ4n) is 2.62. The van der Waals surface area contributed by atoms with Gasteiger partial charge >= 0.3 is 6.18 Å². The van der Waals surface area contributed by atoms with E-state index in [0.717, 1.165) is 25.2 Å². The van der Waals surface area contributed by atoms with Crippen molar-refractivity contribution in [3.63, 3.8) is 0 Å². The first kappa shape index (κ1) is 16.9. The van der Waals surface area contributed by atoms with Crippen LogP contribution in [0.3, 0.4) is 0 Å². The number of carbonyl (C=O) groups excluding carboxylic acids is 1. The average molecular weight is 355 g/mol. The van der Waals surface area contributed by atoms with E-state index in [9.17, 15) is 18.0 Å². The molecule has 1 aromatic heterocycles. The van der Waals surface area contributed by atoms with Gasteiger partial charge < -0.3 is 10.2 Å².